The Morgan fingerprint density at radius 3 is 2.92 bits per heavy atom. The Morgan fingerprint density at radius 1 is 1.75 bits per heavy atom. The summed E-state index contributed by atoms with van der Waals surface area (Å²) in [6.45, 7) is 3.24. The Balaban J connectivity index is 2.49. The number of rotatable bonds is 4. The van der Waals surface area contributed by atoms with Crippen molar-refractivity contribution in [2.45, 2.75) is 25.9 Å². The van der Waals surface area contributed by atoms with Crippen LogP contribution in [0.1, 0.15) is 19.8 Å². The molecule has 70 valence electrons. The van der Waals surface area contributed by atoms with Crippen LogP contribution in [0, 0.1) is 5.41 Å². The fraction of sp³-hybridized carbons (Fsp3) is 0.889. The van der Waals surface area contributed by atoms with Crippen molar-refractivity contribution in [1.82, 2.24) is 0 Å². The smallest absolute Gasteiger partial charge is 0.128 e. The monoisotopic (exact) mass is 172 g/mol. The second-order valence-corrected chi connectivity index (χ2v) is 3.53. The molecule has 1 rings (SSSR count). The lowest BCUT2D eigenvalue weighted by Crippen LogP contribution is -2.28. The zero-order valence-electron chi connectivity index (χ0n) is 7.71. The number of carbonyl (C=O) groups excluding carboxylic acids is 1. The van der Waals surface area contributed by atoms with Crippen LogP contribution in [0.5, 0.6) is 0 Å². The van der Waals surface area contributed by atoms with E-state index in [1.165, 1.54) is 0 Å². The van der Waals surface area contributed by atoms with Crippen molar-refractivity contribution in [3.8, 4) is 0 Å². The quantitative estimate of drug-likeness (QED) is 0.594. The number of carbonyl (C=O) groups is 1. The number of ether oxygens (including phenoxy) is 2. The highest BCUT2D eigenvalue weighted by atomic mass is 16.5. The van der Waals surface area contributed by atoms with Gasteiger partial charge in [0.15, 0.2) is 0 Å². The van der Waals surface area contributed by atoms with Gasteiger partial charge in [0.05, 0.1) is 18.1 Å². The van der Waals surface area contributed by atoms with Gasteiger partial charge in [-0.25, -0.2) is 0 Å². The van der Waals surface area contributed by atoms with Gasteiger partial charge in [-0.15, -0.1) is 0 Å². The van der Waals surface area contributed by atoms with E-state index in [1.807, 2.05) is 6.92 Å². The normalized spacial score (nSPS) is 31.8. The average Bonchev–Trinajstić information content (AvgIpc) is 2.54. The Labute approximate surface area is 73.0 Å². The third-order valence-electron chi connectivity index (χ3n) is 2.48. The van der Waals surface area contributed by atoms with Crippen LogP contribution < -0.4 is 0 Å². The molecule has 1 fully saturated rings. The van der Waals surface area contributed by atoms with Crippen molar-refractivity contribution < 1.29 is 14.3 Å². The van der Waals surface area contributed by atoms with Crippen LogP contribution in [0.3, 0.4) is 0 Å². The first kappa shape index (κ1) is 9.68. The fourth-order valence-electron chi connectivity index (χ4n) is 1.58. The van der Waals surface area contributed by atoms with Gasteiger partial charge in [-0.05, 0) is 19.8 Å². The number of hydrogen-bond acceptors (Lipinski definition) is 3. The summed E-state index contributed by atoms with van der Waals surface area (Å²) < 4.78 is 10.3. The Morgan fingerprint density at radius 2 is 2.50 bits per heavy atom. The Hall–Kier alpha value is -0.410. The van der Waals surface area contributed by atoms with Crippen molar-refractivity contribution in [3.63, 3.8) is 0 Å². The predicted octanol–water partition coefficient (Wildman–Crippen LogP) is 1.02. The molecule has 3 heteroatoms. The van der Waals surface area contributed by atoms with E-state index >= 15 is 0 Å². The molecule has 0 aromatic carbocycles. The summed E-state index contributed by atoms with van der Waals surface area (Å²) in [5, 5.41) is 0. The summed E-state index contributed by atoms with van der Waals surface area (Å²) in [5.41, 5.74) is -0.268. The molecule has 0 aromatic heterocycles. The lowest BCUT2D eigenvalue weighted by atomic mass is 9.83. The van der Waals surface area contributed by atoms with Crippen LogP contribution in [0.2, 0.25) is 0 Å². The van der Waals surface area contributed by atoms with Gasteiger partial charge >= 0.3 is 0 Å². The topological polar surface area (TPSA) is 35.5 Å². The molecule has 0 radical (unpaired) electrons. The maximum Gasteiger partial charge on any atom is 0.128 e. The molecule has 0 spiro atoms. The molecule has 1 aliphatic heterocycles. The molecule has 0 saturated carbocycles. The molecule has 0 aliphatic carbocycles. The van der Waals surface area contributed by atoms with Crippen molar-refractivity contribution in [1.29, 1.82) is 0 Å². The van der Waals surface area contributed by atoms with Crippen molar-refractivity contribution in [2.24, 2.45) is 5.41 Å². The third kappa shape index (κ3) is 2.05. The van der Waals surface area contributed by atoms with E-state index in [0.29, 0.717) is 13.2 Å². The van der Waals surface area contributed by atoms with Gasteiger partial charge in [0.2, 0.25) is 0 Å². The summed E-state index contributed by atoms with van der Waals surface area (Å²) in [6.07, 6.45) is 2.77. The zero-order valence-corrected chi connectivity index (χ0v) is 7.71. The lowest BCUT2D eigenvalue weighted by molar-refractivity contribution is -0.118. The number of hydrogen-bond donors (Lipinski definition) is 0. The van der Waals surface area contributed by atoms with Gasteiger partial charge in [0, 0.05) is 13.7 Å². The zero-order chi connectivity index (χ0) is 9.03. The third-order valence-corrected chi connectivity index (χ3v) is 2.48. The van der Waals surface area contributed by atoms with Gasteiger partial charge in [0.1, 0.15) is 6.29 Å². The first-order valence-corrected chi connectivity index (χ1v) is 4.29. The first-order chi connectivity index (χ1) is 5.72. The maximum atomic E-state index is 10.8. The summed E-state index contributed by atoms with van der Waals surface area (Å²) in [5.74, 6) is 0. The fourth-order valence-corrected chi connectivity index (χ4v) is 1.58. The minimum Gasteiger partial charge on any atom is -0.382 e. The molecule has 0 N–H and O–H groups in total. The standard InChI is InChI=1S/C9H16O3/c1-8(11-2)5-9(6-10)3-4-12-7-9/h6,8H,3-5,7H2,1-2H3. The van der Waals surface area contributed by atoms with E-state index in [0.717, 1.165) is 19.1 Å². The highest BCUT2D eigenvalue weighted by molar-refractivity contribution is 5.60. The summed E-state index contributed by atoms with van der Waals surface area (Å²) in [7, 11) is 1.67. The molecule has 12 heavy (non-hydrogen) atoms. The van der Waals surface area contributed by atoms with Gasteiger partial charge in [-0.1, -0.05) is 0 Å². The van der Waals surface area contributed by atoms with Crippen LogP contribution in [0.15, 0.2) is 0 Å². The minimum atomic E-state index is -0.268. The van der Waals surface area contributed by atoms with E-state index in [9.17, 15) is 4.79 Å². The highest BCUT2D eigenvalue weighted by Crippen LogP contribution is 2.31. The van der Waals surface area contributed by atoms with Crippen LogP contribution in [-0.2, 0) is 14.3 Å². The maximum absolute atomic E-state index is 10.8. The van der Waals surface area contributed by atoms with E-state index in [2.05, 4.69) is 0 Å². The van der Waals surface area contributed by atoms with E-state index in [1.54, 1.807) is 7.11 Å². The van der Waals surface area contributed by atoms with Crippen LogP contribution in [0.25, 0.3) is 0 Å². The van der Waals surface area contributed by atoms with E-state index in [4.69, 9.17) is 9.47 Å². The highest BCUT2D eigenvalue weighted by Gasteiger charge is 2.35. The second-order valence-electron chi connectivity index (χ2n) is 3.53. The van der Waals surface area contributed by atoms with E-state index < -0.39 is 0 Å². The summed E-state index contributed by atoms with van der Waals surface area (Å²) >= 11 is 0. The molecule has 3 nitrogen and oxygen atoms in total. The lowest BCUT2D eigenvalue weighted by Gasteiger charge is -2.23. The van der Waals surface area contributed by atoms with Gasteiger partial charge in [0.25, 0.3) is 0 Å². The van der Waals surface area contributed by atoms with Gasteiger partial charge in [-0.2, -0.15) is 0 Å². The molecule has 0 bridgehead atoms. The average molecular weight is 172 g/mol. The Kier molecular flexibility index (Phi) is 3.23. The molecule has 0 amide bonds. The number of methoxy groups -OCH3 is 1. The van der Waals surface area contributed by atoms with Crippen LogP contribution in [0.4, 0.5) is 0 Å². The van der Waals surface area contributed by atoms with Gasteiger partial charge in [-0.3, -0.25) is 0 Å². The SMILES string of the molecule is COC(C)CC1(C=O)CCOC1. The first-order valence-electron chi connectivity index (χ1n) is 4.29. The summed E-state index contributed by atoms with van der Waals surface area (Å²) in [4.78, 5) is 10.8. The van der Waals surface area contributed by atoms with Crippen LogP contribution in [-0.4, -0.2) is 32.7 Å². The van der Waals surface area contributed by atoms with Crippen molar-refractivity contribution >= 4 is 6.29 Å². The molecular formula is C9H16O3. The molecule has 1 saturated heterocycles. The summed E-state index contributed by atoms with van der Waals surface area (Å²) in [6, 6.07) is 0. The molecular weight excluding hydrogens is 156 g/mol. The molecule has 0 aromatic rings. The second kappa shape index (κ2) is 4.01. The van der Waals surface area contributed by atoms with Crippen molar-refractivity contribution in [3.05, 3.63) is 0 Å². The predicted molar refractivity (Wildman–Crippen MR) is 45.0 cm³/mol. The van der Waals surface area contributed by atoms with E-state index in [-0.39, 0.29) is 11.5 Å². The largest absolute Gasteiger partial charge is 0.382 e. The molecule has 1 heterocycles. The van der Waals surface area contributed by atoms with Crippen molar-refractivity contribution in [2.75, 3.05) is 20.3 Å². The minimum absolute atomic E-state index is 0.136. The Bertz CT molecular complexity index is 150. The van der Waals surface area contributed by atoms with Gasteiger partial charge < -0.3 is 14.3 Å². The van der Waals surface area contributed by atoms with Crippen LogP contribution >= 0.6 is 0 Å². The number of aldehydes is 1. The molecule has 2 unspecified atom stereocenters. The molecule has 2 atom stereocenters. The molecule has 1 aliphatic rings.